The summed E-state index contributed by atoms with van der Waals surface area (Å²) in [6.07, 6.45) is 5.78. The predicted octanol–water partition coefficient (Wildman–Crippen LogP) is 2.42. The normalized spacial score (nSPS) is 13.4. The Kier molecular flexibility index (Phi) is 4.60. The SMILES string of the molecule is Cc1cccc(CNC(=O)Cc2c[nH]c3c(c2=O)CCCC3)c1. The minimum absolute atomic E-state index is 0.0455. The van der Waals surface area contributed by atoms with Crippen LogP contribution in [0, 0.1) is 6.92 Å². The van der Waals surface area contributed by atoms with Crippen molar-refractivity contribution in [3.63, 3.8) is 0 Å². The second-order valence-electron chi connectivity index (χ2n) is 6.25. The van der Waals surface area contributed by atoms with Crippen molar-refractivity contribution >= 4 is 5.91 Å². The Hall–Kier alpha value is -2.36. The molecule has 1 aliphatic rings. The van der Waals surface area contributed by atoms with E-state index < -0.39 is 0 Å². The summed E-state index contributed by atoms with van der Waals surface area (Å²) in [5, 5.41) is 2.89. The molecule has 4 nitrogen and oxygen atoms in total. The molecule has 0 atom stereocenters. The van der Waals surface area contributed by atoms with Gasteiger partial charge >= 0.3 is 0 Å². The van der Waals surface area contributed by atoms with Crippen LogP contribution >= 0.6 is 0 Å². The third kappa shape index (κ3) is 3.70. The fourth-order valence-electron chi connectivity index (χ4n) is 3.14. The van der Waals surface area contributed by atoms with Gasteiger partial charge in [0.05, 0.1) is 6.42 Å². The Morgan fingerprint density at radius 3 is 2.91 bits per heavy atom. The van der Waals surface area contributed by atoms with E-state index in [9.17, 15) is 9.59 Å². The zero-order chi connectivity index (χ0) is 16.2. The molecule has 2 N–H and O–H groups in total. The number of fused-ring (bicyclic) bond motifs is 1. The minimum Gasteiger partial charge on any atom is -0.364 e. The molecule has 2 aromatic rings. The first-order valence-corrected chi connectivity index (χ1v) is 8.18. The lowest BCUT2D eigenvalue weighted by Crippen LogP contribution is -2.29. The van der Waals surface area contributed by atoms with E-state index in [0.717, 1.165) is 42.5 Å². The van der Waals surface area contributed by atoms with Crippen LogP contribution in [0.3, 0.4) is 0 Å². The second-order valence-corrected chi connectivity index (χ2v) is 6.25. The summed E-state index contributed by atoms with van der Waals surface area (Å²) in [6.45, 7) is 2.52. The van der Waals surface area contributed by atoms with E-state index in [-0.39, 0.29) is 17.8 Å². The number of H-pyrrole nitrogens is 1. The number of rotatable bonds is 4. The molecule has 0 fully saturated rings. The molecular formula is C19H22N2O2. The van der Waals surface area contributed by atoms with Gasteiger partial charge in [-0.3, -0.25) is 9.59 Å². The highest BCUT2D eigenvalue weighted by Crippen LogP contribution is 2.16. The zero-order valence-corrected chi connectivity index (χ0v) is 13.4. The van der Waals surface area contributed by atoms with Crippen molar-refractivity contribution in [3.05, 3.63) is 68.6 Å². The molecule has 0 spiro atoms. The van der Waals surface area contributed by atoms with Gasteiger partial charge in [0.25, 0.3) is 0 Å². The molecule has 23 heavy (non-hydrogen) atoms. The number of aryl methyl sites for hydroxylation is 2. The molecule has 0 saturated heterocycles. The summed E-state index contributed by atoms with van der Waals surface area (Å²) < 4.78 is 0. The number of hydrogen-bond acceptors (Lipinski definition) is 2. The first kappa shape index (κ1) is 15.5. The summed E-state index contributed by atoms with van der Waals surface area (Å²) in [7, 11) is 0. The summed E-state index contributed by atoms with van der Waals surface area (Å²) >= 11 is 0. The number of pyridine rings is 1. The number of carbonyl (C=O) groups excluding carboxylic acids is 1. The van der Waals surface area contributed by atoms with Gasteiger partial charge in [-0.05, 0) is 38.2 Å². The van der Waals surface area contributed by atoms with Crippen LogP contribution in [0.2, 0.25) is 0 Å². The number of aromatic nitrogens is 1. The topological polar surface area (TPSA) is 62.0 Å². The highest BCUT2D eigenvalue weighted by atomic mass is 16.1. The summed E-state index contributed by atoms with van der Waals surface area (Å²) in [5.41, 5.74) is 4.77. The molecule has 1 amide bonds. The molecule has 120 valence electrons. The lowest BCUT2D eigenvalue weighted by molar-refractivity contribution is -0.120. The molecule has 0 bridgehead atoms. The van der Waals surface area contributed by atoms with E-state index in [0.29, 0.717) is 12.1 Å². The Bertz CT molecular complexity index is 777. The van der Waals surface area contributed by atoms with Crippen LogP contribution < -0.4 is 10.7 Å². The summed E-state index contributed by atoms with van der Waals surface area (Å²) in [6, 6.07) is 8.04. The first-order valence-electron chi connectivity index (χ1n) is 8.18. The van der Waals surface area contributed by atoms with E-state index in [2.05, 4.69) is 10.3 Å². The average Bonchev–Trinajstić information content (AvgIpc) is 2.56. The molecule has 1 aromatic carbocycles. The maximum atomic E-state index is 12.5. The summed E-state index contributed by atoms with van der Waals surface area (Å²) in [5.74, 6) is -0.118. The molecule has 0 saturated carbocycles. The van der Waals surface area contributed by atoms with Crippen LogP contribution in [0.5, 0.6) is 0 Å². The molecule has 0 unspecified atom stereocenters. The van der Waals surface area contributed by atoms with Gasteiger partial charge in [-0.2, -0.15) is 0 Å². The maximum absolute atomic E-state index is 12.5. The number of nitrogens with one attached hydrogen (secondary N) is 2. The van der Waals surface area contributed by atoms with Gasteiger partial charge in [0, 0.05) is 29.6 Å². The van der Waals surface area contributed by atoms with E-state index in [1.165, 1.54) is 5.56 Å². The number of aromatic amines is 1. The lowest BCUT2D eigenvalue weighted by Gasteiger charge is -2.15. The number of hydrogen-bond donors (Lipinski definition) is 2. The van der Waals surface area contributed by atoms with E-state index >= 15 is 0 Å². The van der Waals surface area contributed by atoms with E-state index in [1.807, 2.05) is 31.2 Å². The Morgan fingerprint density at radius 2 is 2.09 bits per heavy atom. The number of benzene rings is 1. The molecule has 0 radical (unpaired) electrons. The molecule has 4 heteroatoms. The number of amides is 1. The van der Waals surface area contributed by atoms with Gasteiger partial charge in [0.15, 0.2) is 5.43 Å². The van der Waals surface area contributed by atoms with Gasteiger partial charge in [-0.1, -0.05) is 29.8 Å². The highest BCUT2D eigenvalue weighted by Gasteiger charge is 2.16. The molecule has 1 aliphatic carbocycles. The van der Waals surface area contributed by atoms with Crippen molar-refractivity contribution in [3.8, 4) is 0 Å². The fraction of sp³-hybridized carbons (Fsp3) is 0.368. The monoisotopic (exact) mass is 310 g/mol. The van der Waals surface area contributed by atoms with Crippen molar-refractivity contribution in [2.75, 3.05) is 0 Å². The van der Waals surface area contributed by atoms with Gasteiger partial charge in [-0.25, -0.2) is 0 Å². The molecule has 3 rings (SSSR count). The van der Waals surface area contributed by atoms with Crippen molar-refractivity contribution in [2.45, 2.75) is 45.6 Å². The Balaban J connectivity index is 1.65. The van der Waals surface area contributed by atoms with Crippen molar-refractivity contribution in [1.82, 2.24) is 10.3 Å². The third-order valence-corrected chi connectivity index (χ3v) is 4.38. The fourth-order valence-corrected chi connectivity index (χ4v) is 3.14. The van der Waals surface area contributed by atoms with Crippen molar-refractivity contribution in [2.24, 2.45) is 0 Å². The summed E-state index contributed by atoms with van der Waals surface area (Å²) in [4.78, 5) is 27.8. The molecule has 1 aromatic heterocycles. The second kappa shape index (κ2) is 6.82. The van der Waals surface area contributed by atoms with Gasteiger partial charge in [-0.15, -0.1) is 0 Å². The van der Waals surface area contributed by atoms with Gasteiger partial charge < -0.3 is 10.3 Å². The first-order chi connectivity index (χ1) is 11.1. The van der Waals surface area contributed by atoms with E-state index in [4.69, 9.17) is 0 Å². The maximum Gasteiger partial charge on any atom is 0.224 e. The molecular weight excluding hydrogens is 288 g/mol. The lowest BCUT2D eigenvalue weighted by atomic mass is 9.94. The van der Waals surface area contributed by atoms with Crippen LogP contribution in [-0.4, -0.2) is 10.9 Å². The van der Waals surface area contributed by atoms with Crippen molar-refractivity contribution in [1.29, 1.82) is 0 Å². The Labute approximate surface area is 135 Å². The highest BCUT2D eigenvalue weighted by molar-refractivity contribution is 5.78. The van der Waals surface area contributed by atoms with Crippen LogP contribution in [-0.2, 0) is 30.6 Å². The van der Waals surface area contributed by atoms with Crippen LogP contribution in [0.25, 0.3) is 0 Å². The largest absolute Gasteiger partial charge is 0.364 e. The Morgan fingerprint density at radius 1 is 1.26 bits per heavy atom. The predicted molar refractivity (Wildman–Crippen MR) is 90.4 cm³/mol. The quantitative estimate of drug-likeness (QED) is 0.911. The smallest absolute Gasteiger partial charge is 0.224 e. The zero-order valence-electron chi connectivity index (χ0n) is 13.4. The third-order valence-electron chi connectivity index (χ3n) is 4.38. The molecule has 0 aliphatic heterocycles. The van der Waals surface area contributed by atoms with Crippen LogP contribution in [0.15, 0.2) is 35.3 Å². The van der Waals surface area contributed by atoms with Gasteiger partial charge in [0.2, 0.25) is 5.91 Å². The average molecular weight is 310 g/mol. The minimum atomic E-state index is -0.118. The van der Waals surface area contributed by atoms with Gasteiger partial charge in [0.1, 0.15) is 0 Å². The van der Waals surface area contributed by atoms with E-state index in [1.54, 1.807) is 6.20 Å². The van der Waals surface area contributed by atoms with Crippen LogP contribution in [0.4, 0.5) is 0 Å². The number of carbonyl (C=O) groups is 1. The molecule has 1 heterocycles. The van der Waals surface area contributed by atoms with Crippen LogP contribution in [0.1, 0.15) is 40.8 Å². The van der Waals surface area contributed by atoms with Crippen molar-refractivity contribution < 1.29 is 4.79 Å². The standard InChI is InChI=1S/C19H22N2O2/c1-13-5-4-6-14(9-13)11-21-18(22)10-15-12-20-17-8-3-2-7-16(17)19(15)23/h4-6,9,12H,2-3,7-8,10-11H2,1H3,(H,20,23)(H,21,22).